The second-order valence-corrected chi connectivity index (χ2v) is 6.31. The molecule has 21 heavy (non-hydrogen) atoms. The van der Waals surface area contributed by atoms with Crippen LogP contribution in [0.25, 0.3) is 0 Å². The molecule has 0 heterocycles. The molecular formula is C19H41NO. The van der Waals surface area contributed by atoms with Crippen molar-refractivity contribution in [1.29, 1.82) is 0 Å². The molecule has 0 fully saturated rings. The maximum absolute atomic E-state index is 5.52. The van der Waals surface area contributed by atoms with E-state index in [4.69, 9.17) is 4.74 Å². The van der Waals surface area contributed by atoms with E-state index in [1.54, 1.807) is 0 Å². The van der Waals surface area contributed by atoms with Crippen molar-refractivity contribution in [2.24, 2.45) is 0 Å². The topological polar surface area (TPSA) is 21.3 Å². The summed E-state index contributed by atoms with van der Waals surface area (Å²) in [6.07, 6.45) is 19.9. The standard InChI is InChI=1S/C19H41NO/c1-3-4-5-6-7-8-9-10-11-12-13-14-15-16-18-21-19-17-20-2/h20H,3-19H2,1-2H3. The molecule has 0 aromatic carbocycles. The van der Waals surface area contributed by atoms with Crippen LogP contribution in [0.3, 0.4) is 0 Å². The van der Waals surface area contributed by atoms with Crippen LogP contribution in [0.15, 0.2) is 0 Å². The van der Waals surface area contributed by atoms with E-state index in [9.17, 15) is 0 Å². The second kappa shape index (κ2) is 19.9. The smallest absolute Gasteiger partial charge is 0.0590 e. The summed E-state index contributed by atoms with van der Waals surface area (Å²) < 4.78 is 5.52. The number of ether oxygens (including phenoxy) is 1. The van der Waals surface area contributed by atoms with E-state index in [0.29, 0.717) is 0 Å². The molecule has 2 heteroatoms. The molecule has 1 N–H and O–H groups in total. The van der Waals surface area contributed by atoms with Gasteiger partial charge in [-0.15, -0.1) is 0 Å². The molecule has 0 atom stereocenters. The number of nitrogens with one attached hydrogen (secondary N) is 1. The number of hydrogen-bond acceptors (Lipinski definition) is 2. The third-order valence-corrected chi connectivity index (χ3v) is 4.14. The molecule has 0 aromatic heterocycles. The van der Waals surface area contributed by atoms with Crippen molar-refractivity contribution < 1.29 is 4.74 Å². The third-order valence-electron chi connectivity index (χ3n) is 4.14. The molecule has 0 aliphatic rings. The molecule has 0 amide bonds. The zero-order valence-corrected chi connectivity index (χ0v) is 14.9. The van der Waals surface area contributed by atoms with Crippen LogP contribution in [0.2, 0.25) is 0 Å². The van der Waals surface area contributed by atoms with Crippen molar-refractivity contribution in [3.05, 3.63) is 0 Å². The summed E-state index contributed by atoms with van der Waals surface area (Å²) in [4.78, 5) is 0. The lowest BCUT2D eigenvalue weighted by Crippen LogP contribution is -2.14. The number of hydrogen-bond donors (Lipinski definition) is 1. The first kappa shape index (κ1) is 20.9. The fraction of sp³-hybridized carbons (Fsp3) is 1.00. The summed E-state index contributed by atoms with van der Waals surface area (Å²) in [6.45, 7) is 5.06. The van der Waals surface area contributed by atoms with E-state index < -0.39 is 0 Å². The molecule has 0 spiro atoms. The Morgan fingerprint density at radius 3 is 1.43 bits per heavy atom. The van der Waals surface area contributed by atoms with Gasteiger partial charge >= 0.3 is 0 Å². The van der Waals surface area contributed by atoms with Crippen molar-refractivity contribution >= 4 is 0 Å². The highest BCUT2D eigenvalue weighted by Gasteiger charge is 1.94. The Hall–Kier alpha value is -0.0800. The van der Waals surface area contributed by atoms with E-state index in [0.717, 1.165) is 19.8 Å². The van der Waals surface area contributed by atoms with Gasteiger partial charge in [-0.2, -0.15) is 0 Å². The fourth-order valence-corrected chi connectivity index (χ4v) is 2.67. The number of likely N-dealkylation sites (N-methyl/N-ethyl adjacent to an activating group) is 1. The Bertz CT molecular complexity index is 155. The summed E-state index contributed by atoms with van der Waals surface area (Å²) in [5.41, 5.74) is 0. The molecule has 0 aliphatic heterocycles. The van der Waals surface area contributed by atoms with Crippen molar-refractivity contribution in [2.75, 3.05) is 26.8 Å². The van der Waals surface area contributed by atoms with Gasteiger partial charge < -0.3 is 10.1 Å². The monoisotopic (exact) mass is 299 g/mol. The number of rotatable bonds is 18. The molecular weight excluding hydrogens is 258 g/mol. The summed E-state index contributed by atoms with van der Waals surface area (Å²) >= 11 is 0. The fourth-order valence-electron chi connectivity index (χ4n) is 2.67. The van der Waals surface area contributed by atoms with Gasteiger partial charge in [-0.1, -0.05) is 90.4 Å². The molecule has 0 rings (SSSR count). The minimum atomic E-state index is 0.856. The average Bonchev–Trinajstić information content (AvgIpc) is 2.50. The van der Waals surface area contributed by atoms with Gasteiger partial charge in [0.2, 0.25) is 0 Å². The molecule has 0 radical (unpaired) electrons. The van der Waals surface area contributed by atoms with Gasteiger partial charge in [-0.3, -0.25) is 0 Å². The van der Waals surface area contributed by atoms with Crippen molar-refractivity contribution in [1.82, 2.24) is 5.32 Å². The molecule has 128 valence electrons. The van der Waals surface area contributed by atoms with Gasteiger partial charge in [0.1, 0.15) is 0 Å². The SMILES string of the molecule is CCCCCCCCCCCCCCCCOCCNC. The number of unbranched alkanes of at least 4 members (excludes halogenated alkanes) is 13. The normalized spacial score (nSPS) is 11.1. The Morgan fingerprint density at radius 1 is 0.571 bits per heavy atom. The van der Waals surface area contributed by atoms with Gasteiger partial charge in [-0.05, 0) is 13.5 Å². The van der Waals surface area contributed by atoms with Gasteiger partial charge in [0.25, 0.3) is 0 Å². The third kappa shape index (κ3) is 19.9. The molecule has 0 aromatic rings. The van der Waals surface area contributed by atoms with Gasteiger partial charge in [0.05, 0.1) is 6.61 Å². The summed E-state index contributed by atoms with van der Waals surface area (Å²) in [6, 6.07) is 0. The molecule has 0 bridgehead atoms. The lowest BCUT2D eigenvalue weighted by atomic mass is 10.0. The highest BCUT2D eigenvalue weighted by atomic mass is 16.5. The Morgan fingerprint density at radius 2 is 1.00 bits per heavy atom. The van der Waals surface area contributed by atoms with E-state index in [1.165, 1.54) is 89.9 Å². The average molecular weight is 300 g/mol. The van der Waals surface area contributed by atoms with Crippen LogP contribution in [-0.4, -0.2) is 26.8 Å². The summed E-state index contributed by atoms with van der Waals surface area (Å²) in [5, 5.41) is 3.09. The summed E-state index contributed by atoms with van der Waals surface area (Å²) in [5.74, 6) is 0. The van der Waals surface area contributed by atoms with Crippen molar-refractivity contribution in [2.45, 2.75) is 96.8 Å². The maximum Gasteiger partial charge on any atom is 0.0590 e. The lowest BCUT2D eigenvalue weighted by Gasteiger charge is -2.04. The van der Waals surface area contributed by atoms with E-state index >= 15 is 0 Å². The predicted octanol–water partition coefficient (Wildman–Crippen LogP) is 5.70. The Labute approximate surface area is 134 Å². The molecule has 0 saturated heterocycles. The van der Waals surface area contributed by atoms with Crippen LogP contribution in [0.5, 0.6) is 0 Å². The lowest BCUT2D eigenvalue weighted by molar-refractivity contribution is 0.133. The Balaban J connectivity index is 2.90. The minimum absolute atomic E-state index is 0.856. The quantitative estimate of drug-likeness (QED) is 0.328. The second-order valence-electron chi connectivity index (χ2n) is 6.31. The first-order valence-electron chi connectivity index (χ1n) is 9.64. The van der Waals surface area contributed by atoms with Crippen molar-refractivity contribution in [3.8, 4) is 0 Å². The van der Waals surface area contributed by atoms with E-state index in [-0.39, 0.29) is 0 Å². The van der Waals surface area contributed by atoms with Crippen LogP contribution >= 0.6 is 0 Å². The van der Waals surface area contributed by atoms with Crippen LogP contribution < -0.4 is 5.32 Å². The largest absolute Gasteiger partial charge is 0.380 e. The van der Waals surface area contributed by atoms with Gasteiger partial charge in [0.15, 0.2) is 0 Å². The zero-order valence-electron chi connectivity index (χ0n) is 14.9. The Kier molecular flexibility index (Phi) is 19.8. The highest BCUT2D eigenvalue weighted by Crippen LogP contribution is 2.12. The van der Waals surface area contributed by atoms with Crippen LogP contribution in [0.4, 0.5) is 0 Å². The van der Waals surface area contributed by atoms with Gasteiger partial charge in [0, 0.05) is 13.2 Å². The van der Waals surface area contributed by atoms with E-state index in [1.807, 2.05) is 7.05 Å². The van der Waals surface area contributed by atoms with Gasteiger partial charge in [-0.25, -0.2) is 0 Å². The first-order chi connectivity index (χ1) is 10.4. The van der Waals surface area contributed by atoms with E-state index in [2.05, 4.69) is 12.2 Å². The molecule has 0 aliphatic carbocycles. The first-order valence-corrected chi connectivity index (χ1v) is 9.64. The van der Waals surface area contributed by atoms with Crippen LogP contribution in [0, 0.1) is 0 Å². The maximum atomic E-state index is 5.52. The van der Waals surface area contributed by atoms with Crippen molar-refractivity contribution in [3.63, 3.8) is 0 Å². The minimum Gasteiger partial charge on any atom is -0.380 e. The van der Waals surface area contributed by atoms with Crippen LogP contribution in [-0.2, 0) is 4.74 Å². The zero-order chi connectivity index (χ0) is 15.4. The summed E-state index contributed by atoms with van der Waals surface area (Å²) in [7, 11) is 1.97. The van der Waals surface area contributed by atoms with Crippen LogP contribution in [0.1, 0.15) is 96.8 Å². The molecule has 0 unspecified atom stereocenters. The highest BCUT2D eigenvalue weighted by molar-refractivity contribution is 4.49. The predicted molar refractivity (Wildman–Crippen MR) is 95.1 cm³/mol. The molecule has 0 saturated carbocycles. The molecule has 2 nitrogen and oxygen atoms in total.